The second-order valence-electron chi connectivity index (χ2n) is 10.00. The van der Waals surface area contributed by atoms with Crippen LogP contribution in [0.25, 0.3) is 0 Å². The lowest BCUT2D eigenvalue weighted by molar-refractivity contribution is 0.184. The molecule has 2 aromatic carbocycles. The van der Waals surface area contributed by atoms with Gasteiger partial charge in [-0.1, -0.05) is 164 Å². The van der Waals surface area contributed by atoms with Crippen molar-refractivity contribution >= 4 is 18.9 Å². The molecule has 0 aliphatic carbocycles. The highest BCUT2D eigenvalue weighted by atomic mass is 28.4. The first-order valence-corrected chi connectivity index (χ1v) is 16.5. The number of hydrogen-bond donors (Lipinski definition) is 0. The quantitative estimate of drug-likeness (QED) is 0.120. The molecule has 0 spiro atoms. The van der Waals surface area contributed by atoms with Crippen LogP contribution in [0, 0.1) is 0 Å². The molecule has 3 heteroatoms. The van der Waals surface area contributed by atoms with Crippen LogP contribution in [0.3, 0.4) is 0 Å². The first-order valence-electron chi connectivity index (χ1n) is 14.7. The molecular weight excluding hydrogens is 444 g/mol. The fraction of sp³-hybridized carbons (Fsp3) is 0.625. The molecule has 0 bridgehead atoms. The van der Waals surface area contributed by atoms with Crippen molar-refractivity contribution in [2.75, 3.05) is 13.2 Å². The first-order chi connectivity index (χ1) is 17.3. The third-order valence-electron chi connectivity index (χ3n) is 6.91. The molecule has 2 nitrogen and oxygen atoms in total. The largest absolute Gasteiger partial charge is 0.407 e. The standard InChI is InChI=1S/C32H52O2Si/c1-3-5-7-9-11-13-15-23-29-33-35(31-25-19-17-20-26-31,32-27-21-18-22-28-32)34-30-24-16-14-12-10-8-6-4-2/h17-22,25-28H,3-16,23-24,29-30H2,1-2H3. The molecule has 35 heavy (non-hydrogen) atoms. The van der Waals surface area contributed by atoms with E-state index in [-0.39, 0.29) is 0 Å². The molecule has 0 saturated heterocycles. The van der Waals surface area contributed by atoms with Gasteiger partial charge in [0.25, 0.3) is 0 Å². The SMILES string of the molecule is CCCCCCCCCCO[Si](OCCCCCCCCCC)(c1ccccc1)c1ccccc1. The van der Waals surface area contributed by atoms with E-state index in [9.17, 15) is 0 Å². The van der Waals surface area contributed by atoms with Gasteiger partial charge in [-0.3, -0.25) is 0 Å². The summed E-state index contributed by atoms with van der Waals surface area (Å²) < 4.78 is 13.7. The lowest BCUT2D eigenvalue weighted by Gasteiger charge is -2.31. The Labute approximate surface area is 218 Å². The zero-order valence-electron chi connectivity index (χ0n) is 22.8. The van der Waals surface area contributed by atoms with Crippen molar-refractivity contribution in [1.29, 1.82) is 0 Å². The first kappa shape index (κ1) is 29.8. The lowest BCUT2D eigenvalue weighted by Crippen LogP contribution is -2.63. The van der Waals surface area contributed by atoms with Crippen molar-refractivity contribution in [2.24, 2.45) is 0 Å². The Hall–Kier alpha value is -1.42. The summed E-state index contributed by atoms with van der Waals surface area (Å²) in [4.78, 5) is 0. The molecule has 0 aliphatic rings. The fourth-order valence-corrected chi connectivity index (χ4v) is 7.97. The molecule has 0 N–H and O–H groups in total. The van der Waals surface area contributed by atoms with E-state index in [1.165, 1.54) is 100 Å². The summed E-state index contributed by atoms with van der Waals surface area (Å²) in [5.74, 6) is 0. The van der Waals surface area contributed by atoms with Gasteiger partial charge in [0.05, 0.1) is 0 Å². The third-order valence-corrected chi connectivity index (χ3v) is 10.3. The molecule has 0 aromatic heterocycles. The Kier molecular flexibility index (Phi) is 16.8. The van der Waals surface area contributed by atoms with Gasteiger partial charge in [0.15, 0.2) is 0 Å². The molecule has 0 aliphatic heterocycles. The van der Waals surface area contributed by atoms with Gasteiger partial charge in [-0.25, -0.2) is 0 Å². The lowest BCUT2D eigenvalue weighted by atomic mass is 10.1. The van der Waals surface area contributed by atoms with E-state index in [1.807, 2.05) is 0 Å². The maximum Gasteiger partial charge on any atom is 0.407 e. The molecule has 0 saturated carbocycles. The van der Waals surface area contributed by atoms with Crippen LogP contribution in [0.1, 0.15) is 117 Å². The topological polar surface area (TPSA) is 18.5 Å². The number of rotatable bonds is 22. The predicted molar refractivity (Wildman–Crippen MR) is 155 cm³/mol. The van der Waals surface area contributed by atoms with Gasteiger partial charge in [-0.15, -0.1) is 0 Å². The minimum atomic E-state index is -2.72. The van der Waals surface area contributed by atoms with Gasteiger partial charge in [0.2, 0.25) is 0 Å². The van der Waals surface area contributed by atoms with Crippen LogP contribution in [-0.4, -0.2) is 21.8 Å². The molecular formula is C32H52O2Si. The van der Waals surface area contributed by atoms with Crippen molar-refractivity contribution in [3.05, 3.63) is 60.7 Å². The maximum absolute atomic E-state index is 6.84. The summed E-state index contributed by atoms with van der Waals surface area (Å²) in [6.07, 6.45) is 21.0. The molecule has 196 valence electrons. The molecule has 0 unspecified atom stereocenters. The Bertz CT molecular complexity index is 655. The third kappa shape index (κ3) is 11.9. The summed E-state index contributed by atoms with van der Waals surface area (Å²) in [6.45, 7) is 6.12. The van der Waals surface area contributed by atoms with Crippen LogP contribution in [0.4, 0.5) is 0 Å². The Balaban J connectivity index is 1.93. The molecule has 0 atom stereocenters. The van der Waals surface area contributed by atoms with E-state index in [0.717, 1.165) is 26.1 Å². The average Bonchev–Trinajstić information content (AvgIpc) is 2.91. The van der Waals surface area contributed by atoms with Gasteiger partial charge in [-0.2, -0.15) is 0 Å². The van der Waals surface area contributed by atoms with E-state index in [0.29, 0.717) is 0 Å². The van der Waals surface area contributed by atoms with Crippen molar-refractivity contribution in [2.45, 2.75) is 117 Å². The van der Waals surface area contributed by atoms with E-state index in [1.54, 1.807) is 0 Å². The highest BCUT2D eigenvalue weighted by Gasteiger charge is 2.42. The van der Waals surface area contributed by atoms with Crippen molar-refractivity contribution < 1.29 is 8.85 Å². The second kappa shape index (κ2) is 19.7. The zero-order valence-corrected chi connectivity index (χ0v) is 23.8. The van der Waals surface area contributed by atoms with Crippen molar-refractivity contribution in [3.8, 4) is 0 Å². The minimum Gasteiger partial charge on any atom is -0.388 e. The van der Waals surface area contributed by atoms with Crippen LogP contribution in [0.15, 0.2) is 60.7 Å². The molecule has 0 amide bonds. The number of unbranched alkanes of at least 4 members (excludes halogenated alkanes) is 14. The highest BCUT2D eigenvalue weighted by Crippen LogP contribution is 2.15. The summed E-state index contributed by atoms with van der Waals surface area (Å²) >= 11 is 0. The van der Waals surface area contributed by atoms with Crippen molar-refractivity contribution in [3.63, 3.8) is 0 Å². The fourth-order valence-electron chi connectivity index (χ4n) is 4.76. The van der Waals surface area contributed by atoms with Crippen LogP contribution in [0.2, 0.25) is 0 Å². The molecule has 0 radical (unpaired) electrons. The average molecular weight is 497 g/mol. The van der Waals surface area contributed by atoms with Crippen LogP contribution in [-0.2, 0) is 8.85 Å². The Morgan fingerprint density at radius 3 is 1.09 bits per heavy atom. The zero-order chi connectivity index (χ0) is 24.9. The second-order valence-corrected chi connectivity index (χ2v) is 13.0. The molecule has 0 heterocycles. The number of benzene rings is 2. The van der Waals surface area contributed by atoms with Crippen LogP contribution in [0.5, 0.6) is 0 Å². The van der Waals surface area contributed by atoms with Gasteiger partial charge in [-0.05, 0) is 23.2 Å². The van der Waals surface area contributed by atoms with Crippen LogP contribution >= 0.6 is 0 Å². The summed E-state index contributed by atoms with van der Waals surface area (Å²) in [5, 5.41) is 2.45. The monoisotopic (exact) mass is 496 g/mol. The summed E-state index contributed by atoms with van der Waals surface area (Å²) in [7, 11) is -2.72. The van der Waals surface area contributed by atoms with Crippen LogP contribution < -0.4 is 10.4 Å². The Morgan fingerprint density at radius 1 is 0.429 bits per heavy atom. The normalized spacial score (nSPS) is 11.7. The summed E-state index contributed by atoms with van der Waals surface area (Å²) in [6, 6.07) is 21.5. The maximum atomic E-state index is 6.84. The Morgan fingerprint density at radius 2 is 0.743 bits per heavy atom. The van der Waals surface area contributed by atoms with Crippen molar-refractivity contribution in [1.82, 2.24) is 0 Å². The van der Waals surface area contributed by atoms with Gasteiger partial charge < -0.3 is 8.85 Å². The van der Waals surface area contributed by atoms with E-state index in [4.69, 9.17) is 8.85 Å². The van der Waals surface area contributed by atoms with Gasteiger partial charge in [0, 0.05) is 13.2 Å². The minimum absolute atomic E-state index is 0.780. The predicted octanol–water partition coefficient (Wildman–Crippen LogP) is 8.56. The molecule has 0 fully saturated rings. The van der Waals surface area contributed by atoms with E-state index in [2.05, 4.69) is 74.5 Å². The summed E-state index contributed by atoms with van der Waals surface area (Å²) in [5.41, 5.74) is 0. The van der Waals surface area contributed by atoms with E-state index >= 15 is 0 Å². The van der Waals surface area contributed by atoms with E-state index < -0.39 is 8.56 Å². The highest BCUT2D eigenvalue weighted by molar-refractivity contribution is 6.92. The number of hydrogen-bond acceptors (Lipinski definition) is 2. The smallest absolute Gasteiger partial charge is 0.388 e. The molecule has 2 aromatic rings. The van der Waals surface area contributed by atoms with Gasteiger partial charge >= 0.3 is 8.56 Å². The van der Waals surface area contributed by atoms with Gasteiger partial charge in [0.1, 0.15) is 0 Å². The molecule has 2 rings (SSSR count).